The Balaban J connectivity index is 2.42. The summed E-state index contributed by atoms with van der Waals surface area (Å²) in [6, 6.07) is 3.83. The Bertz CT molecular complexity index is 627. The summed E-state index contributed by atoms with van der Waals surface area (Å²) in [5, 5.41) is 0. The third kappa shape index (κ3) is 2.85. The number of pyridine rings is 1. The number of ether oxygens (including phenoxy) is 1. The van der Waals surface area contributed by atoms with Gasteiger partial charge in [0.15, 0.2) is 5.75 Å². The largest absolute Gasteiger partial charge is 0.437 e. The van der Waals surface area contributed by atoms with Crippen LogP contribution in [-0.2, 0) is 6.42 Å². The van der Waals surface area contributed by atoms with E-state index in [9.17, 15) is 0 Å². The molecule has 2 rings (SSSR count). The van der Waals surface area contributed by atoms with Crippen LogP contribution in [-0.4, -0.2) is 15.0 Å². The molecule has 0 saturated carbocycles. The van der Waals surface area contributed by atoms with Crippen LogP contribution < -0.4 is 16.0 Å². The summed E-state index contributed by atoms with van der Waals surface area (Å²) < 4.78 is 5.90. The third-order valence-electron chi connectivity index (χ3n) is 2.96. The predicted molar refractivity (Wildman–Crippen MR) is 77.7 cm³/mol. The molecule has 0 amide bonds. The average molecular weight is 273 g/mol. The highest BCUT2D eigenvalue weighted by molar-refractivity contribution is 5.49. The molecule has 2 aromatic heterocycles. The number of aromatic nitrogens is 3. The number of rotatable bonds is 4. The molecule has 2 heterocycles. The SMILES string of the molecule is CCc1nc(C)ccc1Oc1nc(C)nc(NN)c1C. The molecule has 0 bridgehead atoms. The molecular weight excluding hydrogens is 254 g/mol. The van der Waals surface area contributed by atoms with Gasteiger partial charge in [0.25, 0.3) is 0 Å². The highest BCUT2D eigenvalue weighted by Crippen LogP contribution is 2.28. The first kappa shape index (κ1) is 14.2. The summed E-state index contributed by atoms with van der Waals surface area (Å²) in [5.41, 5.74) is 5.19. The first-order valence-electron chi connectivity index (χ1n) is 6.51. The van der Waals surface area contributed by atoms with Crippen LogP contribution in [0.2, 0.25) is 0 Å². The molecule has 0 aliphatic rings. The van der Waals surface area contributed by atoms with Crippen molar-refractivity contribution >= 4 is 5.82 Å². The molecule has 6 heteroatoms. The summed E-state index contributed by atoms with van der Waals surface area (Å²) in [5.74, 6) is 7.81. The zero-order valence-corrected chi connectivity index (χ0v) is 12.2. The molecule has 0 atom stereocenters. The summed E-state index contributed by atoms with van der Waals surface area (Å²) in [6.07, 6.45) is 0.794. The Morgan fingerprint density at radius 2 is 1.90 bits per heavy atom. The van der Waals surface area contributed by atoms with Gasteiger partial charge in [-0.2, -0.15) is 4.98 Å². The molecule has 20 heavy (non-hydrogen) atoms. The molecule has 0 aliphatic heterocycles. The van der Waals surface area contributed by atoms with Crippen molar-refractivity contribution in [1.29, 1.82) is 0 Å². The van der Waals surface area contributed by atoms with E-state index in [2.05, 4.69) is 20.4 Å². The first-order valence-corrected chi connectivity index (χ1v) is 6.51. The first-order chi connectivity index (χ1) is 9.55. The number of hydrazine groups is 1. The second-order valence-electron chi connectivity index (χ2n) is 4.55. The Kier molecular flexibility index (Phi) is 4.14. The fourth-order valence-corrected chi connectivity index (χ4v) is 1.89. The van der Waals surface area contributed by atoms with Gasteiger partial charge in [-0.25, -0.2) is 10.8 Å². The van der Waals surface area contributed by atoms with E-state index in [0.29, 0.717) is 23.3 Å². The second kappa shape index (κ2) is 5.83. The van der Waals surface area contributed by atoms with Crippen LogP contribution >= 0.6 is 0 Å². The van der Waals surface area contributed by atoms with Crippen LogP contribution in [0.15, 0.2) is 12.1 Å². The van der Waals surface area contributed by atoms with Crippen LogP contribution in [0, 0.1) is 20.8 Å². The predicted octanol–water partition coefficient (Wildman–Crippen LogP) is 2.44. The highest BCUT2D eigenvalue weighted by Gasteiger charge is 2.13. The topological polar surface area (TPSA) is 86.0 Å². The smallest absolute Gasteiger partial charge is 0.227 e. The molecule has 2 aromatic rings. The van der Waals surface area contributed by atoms with Crippen molar-refractivity contribution in [3.63, 3.8) is 0 Å². The minimum Gasteiger partial charge on any atom is -0.437 e. The molecule has 106 valence electrons. The number of anilines is 1. The summed E-state index contributed by atoms with van der Waals surface area (Å²) in [4.78, 5) is 13.0. The fourth-order valence-electron chi connectivity index (χ4n) is 1.89. The number of nitrogens with one attached hydrogen (secondary N) is 1. The normalized spacial score (nSPS) is 10.4. The zero-order valence-electron chi connectivity index (χ0n) is 12.2. The van der Waals surface area contributed by atoms with Gasteiger partial charge < -0.3 is 10.2 Å². The highest BCUT2D eigenvalue weighted by atomic mass is 16.5. The number of nitrogens with two attached hydrogens (primary N) is 1. The average Bonchev–Trinajstić information content (AvgIpc) is 2.44. The van der Waals surface area contributed by atoms with Crippen LogP contribution in [0.4, 0.5) is 5.82 Å². The standard InChI is InChI=1S/C14H19N5O/c1-5-11-12(7-6-8(2)16-11)20-14-9(3)13(19-15)17-10(4)18-14/h6-7H,5,15H2,1-4H3,(H,17,18,19). The lowest BCUT2D eigenvalue weighted by Crippen LogP contribution is -2.12. The number of hydrogen-bond acceptors (Lipinski definition) is 6. The van der Waals surface area contributed by atoms with E-state index in [1.54, 1.807) is 6.92 Å². The van der Waals surface area contributed by atoms with E-state index in [-0.39, 0.29) is 0 Å². The van der Waals surface area contributed by atoms with E-state index in [0.717, 1.165) is 23.4 Å². The number of nitrogen functional groups attached to an aromatic ring is 1. The maximum absolute atomic E-state index is 5.90. The quantitative estimate of drug-likeness (QED) is 0.657. The van der Waals surface area contributed by atoms with Crippen molar-refractivity contribution in [1.82, 2.24) is 15.0 Å². The lowest BCUT2D eigenvalue weighted by Gasteiger charge is -2.13. The van der Waals surface area contributed by atoms with Crippen LogP contribution in [0.25, 0.3) is 0 Å². The van der Waals surface area contributed by atoms with E-state index in [1.165, 1.54) is 0 Å². The van der Waals surface area contributed by atoms with Gasteiger partial charge in [-0.3, -0.25) is 4.98 Å². The molecule has 0 unspecified atom stereocenters. The van der Waals surface area contributed by atoms with Crippen molar-refractivity contribution < 1.29 is 4.74 Å². The number of hydrogen-bond donors (Lipinski definition) is 2. The van der Waals surface area contributed by atoms with Crippen LogP contribution in [0.1, 0.15) is 29.7 Å². The molecule has 0 radical (unpaired) electrons. The number of nitrogens with zero attached hydrogens (tertiary/aromatic N) is 3. The van der Waals surface area contributed by atoms with E-state index in [1.807, 2.05) is 32.9 Å². The van der Waals surface area contributed by atoms with Crippen LogP contribution in [0.3, 0.4) is 0 Å². The summed E-state index contributed by atoms with van der Waals surface area (Å²) >= 11 is 0. The molecular formula is C14H19N5O. The maximum Gasteiger partial charge on any atom is 0.227 e. The molecule has 0 fully saturated rings. The van der Waals surface area contributed by atoms with Gasteiger partial charge in [-0.05, 0) is 39.3 Å². The molecule has 0 saturated heterocycles. The Morgan fingerprint density at radius 3 is 2.55 bits per heavy atom. The number of aryl methyl sites for hydroxylation is 3. The van der Waals surface area contributed by atoms with Crippen molar-refractivity contribution in [2.24, 2.45) is 5.84 Å². The van der Waals surface area contributed by atoms with E-state index < -0.39 is 0 Å². The Hall–Kier alpha value is -2.21. The molecule has 0 aliphatic carbocycles. The monoisotopic (exact) mass is 273 g/mol. The lowest BCUT2D eigenvalue weighted by atomic mass is 10.2. The van der Waals surface area contributed by atoms with Crippen LogP contribution in [0.5, 0.6) is 11.6 Å². The van der Waals surface area contributed by atoms with Crippen molar-refractivity contribution in [3.05, 3.63) is 34.9 Å². The van der Waals surface area contributed by atoms with Crippen molar-refractivity contribution in [2.45, 2.75) is 34.1 Å². The molecule has 6 nitrogen and oxygen atoms in total. The van der Waals surface area contributed by atoms with Crippen molar-refractivity contribution in [2.75, 3.05) is 5.43 Å². The Labute approximate surface area is 118 Å². The summed E-state index contributed by atoms with van der Waals surface area (Å²) in [6.45, 7) is 7.65. The third-order valence-corrected chi connectivity index (χ3v) is 2.96. The van der Waals surface area contributed by atoms with E-state index in [4.69, 9.17) is 10.6 Å². The van der Waals surface area contributed by atoms with Gasteiger partial charge in [0.05, 0.1) is 11.3 Å². The maximum atomic E-state index is 5.90. The summed E-state index contributed by atoms with van der Waals surface area (Å²) in [7, 11) is 0. The second-order valence-corrected chi connectivity index (χ2v) is 4.55. The van der Waals surface area contributed by atoms with Gasteiger partial charge in [-0.1, -0.05) is 6.92 Å². The van der Waals surface area contributed by atoms with Gasteiger partial charge in [-0.15, -0.1) is 0 Å². The van der Waals surface area contributed by atoms with Gasteiger partial charge in [0, 0.05) is 5.69 Å². The minimum atomic E-state index is 0.491. The molecule has 0 aromatic carbocycles. The van der Waals surface area contributed by atoms with Gasteiger partial charge in [0.1, 0.15) is 11.6 Å². The lowest BCUT2D eigenvalue weighted by molar-refractivity contribution is 0.447. The van der Waals surface area contributed by atoms with Crippen molar-refractivity contribution in [3.8, 4) is 11.6 Å². The fraction of sp³-hybridized carbons (Fsp3) is 0.357. The zero-order chi connectivity index (χ0) is 14.7. The van der Waals surface area contributed by atoms with Gasteiger partial charge >= 0.3 is 0 Å². The molecule has 0 spiro atoms. The minimum absolute atomic E-state index is 0.491. The Morgan fingerprint density at radius 1 is 1.15 bits per heavy atom. The molecule has 3 N–H and O–H groups in total. The van der Waals surface area contributed by atoms with E-state index >= 15 is 0 Å². The van der Waals surface area contributed by atoms with Gasteiger partial charge in [0.2, 0.25) is 5.88 Å².